The van der Waals surface area contributed by atoms with Crippen LogP contribution in [-0.4, -0.2) is 68.6 Å². The van der Waals surface area contributed by atoms with Gasteiger partial charge in [-0.3, -0.25) is 18.9 Å². The third-order valence-electron chi connectivity index (χ3n) is 7.10. The Bertz CT molecular complexity index is 1460. The van der Waals surface area contributed by atoms with Gasteiger partial charge in [0.25, 0.3) is 0 Å². The predicted octanol–water partition coefficient (Wildman–Crippen LogP) is 0.828. The average molecular weight is 472 g/mol. The molecule has 0 bridgehead atoms. The van der Waals surface area contributed by atoms with Crippen molar-refractivity contribution in [2.75, 3.05) is 26.3 Å². The van der Waals surface area contributed by atoms with Crippen LogP contribution in [0, 0.1) is 0 Å². The summed E-state index contributed by atoms with van der Waals surface area (Å²) in [5, 5.41) is 0. The highest BCUT2D eigenvalue weighted by molar-refractivity contribution is 6.33. The molecule has 1 saturated carbocycles. The number of amides is 1. The summed E-state index contributed by atoms with van der Waals surface area (Å²) in [7, 11) is 2.05. The largest absolute Gasteiger partial charge is 0.378 e. The van der Waals surface area contributed by atoms with E-state index in [2.05, 4.69) is 35.6 Å². The minimum Gasteiger partial charge on any atom is -0.378 e. The monoisotopic (exact) mass is 472 g/mol. The number of benzene rings is 1. The highest BCUT2D eigenvalue weighted by Crippen LogP contribution is 2.36. The lowest BCUT2D eigenvalue weighted by Crippen LogP contribution is -2.40. The first-order valence-corrected chi connectivity index (χ1v) is 12.5. The molecule has 0 radical (unpaired) electrons. The molecule has 1 aliphatic heterocycles. The zero-order chi connectivity index (χ0) is 23.9. The van der Waals surface area contributed by atoms with Gasteiger partial charge in [0, 0.05) is 38.3 Å². The van der Waals surface area contributed by atoms with Gasteiger partial charge in [0.05, 0.1) is 48.0 Å². The zero-order valence-electron chi connectivity index (χ0n) is 20.0. The first kappa shape index (κ1) is 22.1. The molecule has 6 rings (SSSR count). The van der Waals surface area contributed by atoms with Crippen LogP contribution in [-0.2, 0) is 22.6 Å². The summed E-state index contributed by atoms with van der Waals surface area (Å²) < 4.78 is 11.2. The van der Waals surface area contributed by atoms with Gasteiger partial charge in [-0.25, -0.2) is 9.78 Å². The lowest BCUT2D eigenvalue weighted by atomic mass is 9.96. The number of fused-ring (bicyclic) bond motifs is 2. The maximum atomic E-state index is 13.4. The van der Waals surface area contributed by atoms with Crippen molar-refractivity contribution >= 4 is 41.3 Å². The lowest BCUT2D eigenvalue weighted by molar-refractivity contribution is -0.135. The standard InChI is InChI=1S/C25H29BN6O3/c26-17-3-6-20-19(14-17)28-23(30(20)9-1-2-24(33)29-10-12-35-13-11-29)16-31-22-15-27-8-7-21(22)32(25(31)34)18-4-5-18/h3,6-8,14-15,18H,1-2,4-5,9-13,16,26H2. The summed E-state index contributed by atoms with van der Waals surface area (Å²) in [6, 6.07) is 8.45. The molecule has 0 unspecified atom stereocenters. The highest BCUT2D eigenvalue weighted by atomic mass is 16.5. The van der Waals surface area contributed by atoms with Gasteiger partial charge in [-0.2, -0.15) is 0 Å². The summed E-state index contributed by atoms with van der Waals surface area (Å²) >= 11 is 0. The molecule has 180 valence electrons. The molecule has 4 aromatic rings. The van der Waals surface area contributed by atoms with Gasteiger partial charge in [-0.1, -0.05) is 11.5 Å². The Hall–Kier alpha value is -3.40. The Labute approximate surface area is 203 Å². The molecule has 9 nitrogen and oxygen atoms in total. The second kappa shape index (κ2) is 9.00. The molecule has 35 heavy (non-hydrogen) atoms. The van der Waals surface area contributed by atoms with Crippen molar-refractivity contribution in [1.29, 1.82) is 0 Å². The minimum absolute atomic E-state index is 0.00668. The van der Waals surface area contributed by atoms with E-state index in [1.807, 2.05) is 15.5 Å². The molecule has 10 heteroatoms. The molecule has 3 aromatic heterocycles. The predicted molar refractivity (Wildman–Crippen MR) is 136 cm³/mol. The molecule has 0 N–H and O–H groups in total. The van der Waals surface area contributed by atoms with E-state index in [-0.39, 0.29) is 17.6 Å². The van der Waals surface area contributed by atoms with Gasteiger partial charge < -0.3 is 14.2 Å². The van der Waals surface area contributed by atoms with Crippen LogP contribution < -0.4 is 11.2 Å². The minimum atomic E-state index is -0.00668. The number of hydrogen-bond donors (Lipinski definition) is 0. The van der Waals surface area contributed by atoms with Crippen LogP contribution >= 0.6 is 0 Å². The van der Waals surface area contributed by atoms with Crippen LogP contribution in [0.15, 0.2) is 41.5 Å². The summed E-state index contributed by atoms with van der Waals surface area (Å²) in [6.45, 7) is 3.59. The molecular weight excluding hydrogens is 443 g/mol. The maximum Gasteiger partial charge on any atom is 0.329 e. The first-order chi connectivity index (χ1) is 17.1. The van der Waals surface area contributed by atoms with Crippen LogP contribution in [0.1, 0.15) is 37.5 Å². The number of pyridine rings is 1. The fourth-order valence-corrected chi connectivity index (χ4v) is 5.13. The topological polar surface area (TPSA) is 87.2 Å². The van der Waals surface area contributed by atoms with Crippen LogP contribution in [0.5, 0.6) is 0 Å². The molecule has 2 fully saturated rings. The number of carbonyl (C=O) groups excluding carboxylic acids is 1. The molecule has 0 atom stereocenters. The summed E-state index contributed by atoms with van der Waals surface area (Å²) in [4.78, 5) is 37.2. The van der Waals surface area contributed by atoms with Crippen LogP contribution in [0.25, 0.3) is 22.1 Å². The fraction of sp³-hybridized carbons (Fsp3) is 0.440. The van der Waals surface area contributed by atoms with Crippen molar-refractivity contribution in [2.24, 2.45) is 0 Å². The number of carbonyl (C=O) groups is 1. The van der Waals surface area contributed by atoms with Gasteiger partial charge in [-0.15, -0.1) is 0 Å². The van der Waals surface area contributed by atoms with Crippen LogP contribution in [0.2, 0.25) is 0 Å². The average Bonchev–Trinajstić information content (AvgIpc) is 3.60. The second-order valence-electron chi connectivity index (χ2n) is 9.60. The number of nitrogens with zero attached hydrogens (tertiary/aromatic N) is 6. The first-order valence-electron chi connectivity index (χ1n) is 12.5. The number of aromatic nitrogens is 5. The van der Waals surface area contributed by atoms with Crippen LogP contribution in [0.4, 0.5) is 0 Å². The summed E-state index contributed by atoms with van der Waals surface area (Å²) in [5.74, 6) is 0.995. The number of ether oxygens (including phenoxy) is 1. The SMILES string of the molecule is Bc1ccc2c(c1)nc(Cn1c(=O)n(C3CC3)c3ccncc31)n2CCCC(=O)N1CCOCC1. The summed E-state index contributed by atoms with van der Waals surface area (Å²) in [6.07, 6.45) is 6.79. The molecule has 1 aliphatic carbocycles. The maximum absolute atomic E-state index is 13.4. The Morgan fingerprint density at radius 3 is 2.71 bits per heavy atom. The Kier molecular flexibility index (Phi) is 5.68. The van der Waals surface area contributed by atoms with E-state index in [4.69, 9.17) is 9.72 Å². The van der Waals surface area contributed by atoms with Gasteiger partial charge in [-0.05, 0) is 37.5 Å². The number of rotatable bonds is 7. The van der Waals surface area contributed by atoms with E-state index in [1.165, 1.54) is 0 Å². The molecule has 0 spiro atoms. The van der Waals surface area contributed by atoms with E-state index in [0.717, 1.165) is 46.2 Å². The van der Waals surface area contributed by atoms with Crippen LogP contribution in [0.3, 0.4) is 0 Å². The zero-order valence-corrected chi connectivity index (χ0v) is 20.0. The number of aryl methyl sites for hydroxylation is 1. The van der Waals surface area contributed by atoms with E-state index in [9.17, 15) is 9.59 Å². The molecular formula is C25H29BN6O3. The Morgan fingerprint density at radius 1 is 1.09 bits per heavy atom. The normalized spacial score (nSPS) is 16.4. The van der Waals surface area contributed by atoms with Crippen molar-refractivity contribution in [3.63, 3.8) is 0 Å². The lowest BCUT2D eigenvalue weighted by Gasteiger charge is -2.26. The van der Waals surface area contributed by atoms with E-state index >= 15 is 0 Å². The number of morpholine rings is 1. The second-order valence-corrected chi connectivity index (χ2v) is 9.60. The Balaban J connectivity index is 1.32. The molecule has 1 aromatic carbocycles. The van der Waals surface area contributed by atoms with E-state index in [0.29, 0.717) is 52.2 Å². The van der Waals surface area contributed by atoms with E-state index < -0.39 is 0 Å². The van der Waals surface area contributed by atoms with Gasteiger partial charge in [0.1, 0.15) is 13.7 Å². The van der Waals surface area contributed by atoms with Crippen molar-refractivity contribution < 1.29 is 9.53 Å². The van der Waals surface area contributed by atoms with Gasteiger partial charge >= 0.3 is 5.69 Å². The highest BCUT2D eigenvalue weighted by Gasteiger charge is 2.29. The Morgan fingerprint density at radius 2 is 1.91 bits per heavy atom. The van der Waals surface area contributed by atoms with Crippen molar-refractivity contribution in [2.45, 2.75) is 44.8 Å². The fourth-order valence-electron chi connectivity index (χ4n) is 5.13. The molecule has 2 aliphatic rings. The summed E-state index contributed by atoms with van der Waals surface area (Å²) in [5.41, 5.74) is 4.85. The third-order valence-corrected chi connectivity index (χ3v) is 7.10. The quantitative estimate of drug-likeness (QED) is 0.372. The van der Waals surface area contributed by atoms with Crippen molar-refractivity contribution in [1.82, 2.24) is 28.6 Å². The third kappa shape index (κ3) is 4.16. The molecule has 4 heterocycles. The van der Waals surface area contributed by atoms with Crippen molar-refractivity contribution in [3.8, 4) is 0 Å². The number of hydrogen-bond acceptors (Lipinski definition) is 5. The molecule has 1 saturated heterocycles. The number of imidazole rings is 2. The molecule has 1 amide bonds. The van der Waals surface area contributed by atoms with E-state index in [1.54, 1.807) is 17.0 Å². The van der Waals surface area contributed by atoms with Gasteiger partial charge in [0.15, 0.2) is 0 Å². The van der Waals surface area contributed by atoms with Crippen molar-refractivity contribution in [3.05, 3.63) is 53.0 Å². The van der Waals surface area contributed by atoms with Gasteiger partial charge in [0.2, 0.25) is 5.91 Å². The smallest absolute Gasteiger partial charge is 0.329 e.